The van der Waals surface area contributed by atoms with E-state index >= 15 is 0 Å². The average Bonchev–Trinajstić information content (AvgIpc) is 3.00. The highest BCUT2D eigenvalue weighted by Gasteiger charge is 2.23. The lowest BCUT2D eigenvalue weighted by molar-refractivity contribution is -0.117. The number of carbonyl (C=O) groups is 1. The van der Waals surface area contributed by atoms with Crippen molar-refractivity contribution in [2.75, 3.05) is 0 Å². The molecular formula is C23H27FO2. The first-order valence-electron chi connectivity index (χ1n) is 9.56. The predicted molar refractivity (Wildman–Crippen MR) is 103 cm³/mol. The Labute approximate surface area is 155 Å². The first-order valence-corrected chi connectivity index (χ1v) is 9.56. The Hall–Kier alpha value is -2.16. The summed E-state index contributed by atoms with van der Waals surface area (Å²) in [5, 5.41) is 0. The highest BCUT2D eigenvalue weighted by atomic mass is 19.1. The zero-order valence-electron chi connectivity index (χ0n) is 15.6. The van der Waals surface area contributed by atoms with E-state index in [0.717, 1.165) is 48.1 Å². The van der Waals surface area contributed by atoms with Crippen molar-refractivity contribution >= 4 is 5.78 Å². The summed E-state index contributed by atoms with van der Waals surface area (Å²) in [7, 11) is 0. The molecule has 3 rings (SSSR count). The quantitative estimate of drug-likeness (QED) is 0.612. The maximum Gasteiger partial charge on any atom is 0.129 e. The fourth-order valence-corrected chi connectivity index (χ4v) is 3.75. The van der Waals surface area contributed by atoms with Gasteiger partial charge in [0.25, 0.3) is 0 Å². The second-order valence-electron chi connectivity index (χ2n) is 7.54. The van der Waals surface area contributed by atoms with Crippen molar-refractivity contribution in [1.29, 1.82) is 0 Å². The molecule has 2 aromatic carbocycles. The molecule has 2 atom stereocenters. The van der Waals surface area contributed by atoms with Crippen LogP contribution in [0.25, 0.3) is 11.1 Å². The summed E-state index contributed by atoms with van der Waals surface area (Å²) in [5.74, 6) is 1.52. The van der Waals surface area contributed by atoms with E-state index in [-0.39, 0.29) is 17.7 Å². The number of ketones is 1. The number of rotatable bonds is 7. The van der Waals surface area contributed by atoms with E-state index in [2.05, 4.69) is 13.0 Å². The van der Waals surface area contributed by atoms with Crippen LogP contribution in [0.15, 0.2) is 42.5 Å². The number of hydrogen-bond acceptors (Lipinski definition) is 2. The van der Waals surface area contributed by atoms with Crippen LogP contribution in [0, 0.1) is 11.7 Å². The average molecular weight is 354 g/mol. The van der Waals surface area contributed by atoms with Crippen molar-refractivity contribution in [3.05, 3.63) is 53.8 Å². The number of aryl methyl sites for hydroxylation is 1. The molecule has 0 aromatic heterocycles. The normalized spacial score (nSPS) is 19.5. The molecule has 0 spiro atoms. The third kappa shape index (κ3) is 4.94. The van der Waals surface area contributed by atoms with Crippen LogP contribution in [0.5, 0.6) is 5.75 Å². The van der Waals surface area contributed by atoms with Crippen molar-refractivity contribution in [2.45, 2.75) is 58.5 Å². The number of hydrogen-bond donors (Lipinski definition) is 0. The second-order valence-corrected chi connectivity index (χ2v) is 7.54. The SMILES string of the molecule is CC(=O)CCCc1ccc(O[C@H]2CC[C@@H](C)C2)cc1-c1cccc(F)c1. The van der Waals surface area contributed by atoms with Crippen LogP contribution in [-0.2, 0) is 11.2 Å². The summed E-state index contributed by atoms with van der Waals surface area (Å²) in [6.45, 7) is 3.88. The monoisotopic (exact) mass is 354 g/mol. The zero-order chi connectivity index (χ0) is 18.5. The molecule has 26 heavy (non-hydrogen) atoms. The predicted octanol–water partition coefficient (Wildman–Crippen LogP) is 5.97. The van der Waals surface area contributed by atoms with Crippen LogP contribution in [0.4, 0.5) is 4.39 Å². The molecule has 0 heterocycles. The Morgan fingerprint density at radius 2 is 2.04 bits per heavy atom. The molecular weight excluding hydrogens is 327 g/mol. The van der Waals surface area contributed by atoms with Gasteiger partial charge in [0.15, 0.2) is 0 Å². The van der Waals surface area contributed by atoms with Crippen LogP contribution in [-0.4, -0.2) is 11.9 Å². The number of carbonyl (C=O) groups excluding carboxylic acids is 1. The summed E-state index contributed by atoms with van der Waals surface area (Å²) >= 11 is 0. The lowest BCUT2D eigenvalue weighted by Gasteiger charge is -2.17. The highest BCUT2D eigenvalue weighted by Crippen LogP contribution is 2.33. The fourth-order valence-electron chi connectivity index (χ4n) is 3.75. The van der Waals surface area contributed by atoms with E-state index in [9.17, 15) is 9.18 Å². The summed E-state index contributed by atoms with van der Waals surface area (Å²) in [5.41, 5.74) is 2.98. The lowest BCUT2D eigenvalue weighted by atomic mass is 9.95. The zero-order valence-corrected chi connectivity index (χ0v) is 15.6. The molecule has 1 aliphatic rings. The smallest absolute Gasteiger partial charge is 0.129 e. The van der Waals surface area contributed by atoms with Gasteiger partial charge < -0.3 is 9.53 Å². The number of halogens is 1. The van der Waals surface area contributed by atoms with Crippen LogP contribution < -0.4 is 4.74 Å². The van der Waals surface area contributed by atoms with Crippen LogP contribution in [0.1, 0.15) is 51.5 Å². The van der Waals surface area contributed by atoms with Crippen molar-refractivity contribution in [3.8, 4) is 16.9 Å². The molecule has 3 heteroatoms. The molecule has 0 unspecified atom stereocenters. The van der Waals surface area contributed by atoms with E-state index in [0.29, 0.717) is 12.3 Å². The van der Waals surface area contributed by atoms with Gasteiger partial charge in [-0.1, -0.05) is 25.1 Å². The van der Waals surface area contributed by atoms with Gasteiger partial charge in [0.2, 0.25) is 0 Å². The van der Waals surface area contributed by atoms with Crippen molar-refractivity contribution < 1.29 is 13.9 Å². The standard InChI is InChI=1S/C23H27FO2/c1-16-9-11-21(13-16)26-22-12-10-18(6-3-5-17(2)25)23(15-22)19-7-4-8-20(24)14-19/h4,7-8,10,12,14-16,21H,3,5-6,9,11,13H2,1-2H3/t16-,21+/m1/s1. The van der Waals surface area contributed by atoms with E-state index in [1.807, 2.05) is 18.2 Å². The van der Waals surface area contributed by atoms with Crippen LogP contribution in [0.2, 0.25) is 0 Å². The molecule has 1 saturated carbocycles. The lowest BCUT2D eigenvalue weighted by Crippen LogP contribution is -2.12. The Bertz CT molecular complexity index is 769. The molecule has 0 saturated heterocycles. The topological polar surface area (TPSA) is 26.3 Å². The summed E-state index contributed by atoms with van der Waals surface area (Å²) in [6.07, 6.45) is 5.84. The first-order chi connectivity index (χ1) is 12.5. The minimum absolute atomic E-state index is 0.201. The highest BCUT2D eigenvalue weighted by molar-refractivity contribution is 5.75. The van der Waals surface area contributed by atoms with Gasteiger partial charge in [0.05, 0.1) is 6.10 Å². The Morgan fingerprint density at radius 1 is 1.19 bits per heavy atom. The summed E-state index contributed by atoms with van der Waals surface area (Å²) in [4.78, 5) is 11.2. The third-order valence-corrected chi connectivity index (χ3v) is 5.14. The molecule has 0 bridgehead atoms. The molecule has 1 aliphatic carbocycles. The van der Waals surface area contributed by atoms with E-state index in [4.69, 9.17) is 4.74 Å². The van der Waals surface area contributed by atoms with Crippen molar-refractivity contribution in [3.63, 3.8) is 0 Å². The van der Waals surface area contributed by atoms with E-state index in [1.54, 1.807) is 19.1 Å². The van der Waals surface area contributed by atoms with Gasteiger partial charge in [-0.25, -0.2) is 4.39 Å². The molecule has 0 radical (unpaired) electrons. The van der Waals surface area contributed by atoms with Gasteiger partial charge in [0, 0.05) is 6.42 Å². The fraction of sp³-hybridized carbons (Fsp3) is 0.435. The van der Waals surface area contributed by atoms with E-state index in [1.165, 1.54) is 12.5 Å². The van der Waals surface area contributed by atoms with Gasteiger partial charge in [-0.2, -0.15) is 0 Å². The molecule has 138 valence electrons. The summed E-state index contributed by atoms with van der Waals surface area (Å²) < 4.78 is 19.9. The summed E-state index contributed by atoms with van der Waals surface area (Å²) in [6, 6.07) is 12.8. The molecule has 2 nitrogen and oxygen atoms in total. The molecule has 0 N–H and O–H groups in total. The van der Waals surface area contributed by atoms with E-state index < -0.39 is 0 Å². The number of Topliss-reactive ketones (excluding diaryl/α,β-unsaturated/α-hetero) is 1. The third-order valence-electron chi connectivity index (χ3n) is 5.14. The van der Waals surface area contributed by atoms with Crippen LogP contribution >= 0.6 is 0 Å². The molecule has 1 fully saturated rings. The maximum absolute atomic E-state index is 13.7. The molecule has 0 amide bonds. The van der Waals surface area contributed by atoms with Gasteiger partial charge in [-0.3, -0.25) is 0 Å². The van der Waals surface area contributed by atoms with Crippen LogP contribution in [0.3, 0.4) is 0 Å². The molecule has 2 aromatic rings. The number of ether oxygens (including phenoxy) is 1. The van der Waals surface area contributed by atoms with Gasteiger partial charge >= 0.3 is 0 Å². The molecule has 0 aliphatic heterocycles. The Balaban J connectivity index is 1.85. The minimum atomic E-state index is -0.242. The largest absolute Gasteiger partial charge is 0.490 e. The minimum Gasteiger partial charge on any atom is -0.490 e. The van der Waals surface area contributed by atoms with Gasteiger partial charge in [0.1, 0.15) is 17.3 Å². The Morgan fingerprint density at radius 3 is 2.73 bits per heavy atom. The first kappa shape index (κ1) is 18.6. The maximum atomic E-state index is 13.7. The second kappa shape index (κ2) is 8.48. The van der Waals surface area contributed by atoms with Crippen molar-refractivity contribution in [2.24, 2.45) is 5.92 Å². The van der Waals surface area contributed by atoms with Crippen molar-refractivity contribution in [1.82, 2.24) is 0 Å². The number of benzene rings is 2. The Kier molecular flexibility index (Phi) is 6.08. The van der Waals surface area contributed by atoms with Gasteiger partial charge in [-0.15, -0.1) is 0 Å². The van der Waals surface area contributed by atoms with Gasteiger partial charge in [-0.05, 0) is 85.9 Å².